The number of carbonyl (C=O) groups is 1. The van der Waals surface area contributed by atoms with Gasteiger partial charge >= 0.3 is 0 Å². The van der Waals surface area contributed by atoms with Gasteiger partial charge in [-0.2, -0.15) is 0 Å². The van der Waals surface area contributed by atoms with Crippen LogP contribution in [0.25, 0.3) is 0 Å². The molecule has 2 rings (SSSR count). The smallest absolute Gasteiger partial charge is 0.253 e. The number of hydrogen-bond donors (Lipinski definition) is 1. The highest BCUT2D eigenvalue weighted by Gasteiger charge is 2.09. The van der Waals surface area contributed by atoms with E-state index in [2.05, 4.69) is 10.3 Å². The number of halogens is 1. The maximum Gasteiger partial charge on any atom is 0.253 e. The summed E-state index contributed by atoms with van der Waals surface area (Å²) in [5.41, 5.74) is 0.454. The van der Waals surface area contributed by atoms with Crippen LogP contribution in [0.4, 0.5) is 0 Å². The lowest BCUT2D eigenvalue weighted by Crippen LogP contribution is -2.22. The van der Waals surface area contributed by atoms with Crippen LogP contribution in [0.2, 0.25) is 5.02 Å². The van der Waals surface area contributed by atoms with Crippen LogP contribution in [0.1, 0.15) is 20.1 Å². The van der Waals surface area contributed by atoms with Gasteiger partial charge in [-0.05, 0) is 25.1 Å². The van der Waals surface area contributed by atoms with Gasteiger partial charge in [-0.1, -0.05) is 11.6 Å². The van der Waals surface area contributed by atoms with Crippen LogP contribution in [-0.2, 0) is 6.54 Å². The van der Waals surface area contributed by atoms with Gasteiger partial charge < -0.3 is 5.32 Å². The second-order valence-corrected chi connectivity index (χ2v) is 5.33. The fraction of sp³-hybridized carbons (Fsp3) is 0.167. The minimum Gasteiger partial charge on any atom is -0.347 e. The number of nitrogens with zero attached hydrogens (tertiary/aromatic N) is 1. The number of pyridine rings is 1. The summed E-state index contributed by atoms with van der Waals surface area (Å²) < 4.78 is 0. The molecule has 0 aromatic carbocycles. The van der Waals surface area contributed by atoms with Crippen molar-refractivity contribution in [1.29, 1.82) is 0 Å². The first-order valence-corrected chi connectivity index (χ1v) is 6.29. The molecule has 0 saturated carbocycles. The molecule has 2 aromatic rings. The number of rotatable bonds is 3. The Morgan fingerprint density at radius 2 is 2.29 bits per heavy atom. The third kappa shape index (κ3) is 3.05. The summed E-state index contributed by atoms with van der Waals surface area (Å²) in [6, 6.07) is 5.65. The Labute approximate surface area is 108 Å². The van der Waals surface area contributed by atoms with Crippen molar-refractivity contribution in [1.82, 2.24) is 10.3 Å². The van der Waals surface area contributed by atoms with E-state index < -0.39 is 0 Å². The minimum atomic E-state index is -0.177. The van der Waals surface area contributed by atoms with E-state index in [1.807, 2.05) is 19.1 Å². The summed E-state index contributed by atoms with van der Waals surface area (Å²) in [4.78, 5) is 18.0. The molecule has 0 spiro atoms. The highest BCUT2D eigenvalue weighted by molar-refractivity contribution is 7.11. The SMILES string of the molecule is Cc1ccc(CNC(=O)c2ccncc2Cl)s1. The molecule has 2 heterocycles. The first-order valence-electron chi connectivity index (χ1n) is 5.10. The Kier molecular flexibility index (Phi) is 3.76. The van der Waals surface area contributed by atoms with Crippen LogP contribution >= 0.6 is 22.9 Å². The molecule has 0 radical (unpaired) electrons. The molecule has 17 heavy (non-hydrogen) atoms. The molecular formula is C12H11ClN2OS. The third-order valence-corrected chi connectivity index (χ3v) is 3.54. The third-order valence-electron chi connectivity index (χ3n) is 2.24. The average molecular weight is 267 g/mol. The number of hydrogen-bond acceptors (Lipinski definition) is 3. The van der Waals surface area contributed by atoms with Crippen molar-refractivity contribution >= 4 is 28.8 Å². The van der Waals surface area contributed by atoms with Gasteiger partial charge in [0.05, 0.1) is 17.1 Å². The van der Waals surface area contributed by atoms with Crippen LogP contribution in [0.15, 0.2) is 30.6 Å². The van der Waals surface area contributed by atoms with E-state index in [4.69, 9.17) is 11.6 Å². The van der Waals surface area contributed by atoms with Gasteiger partial charge in [0.25, 0.3) is 5.91 Å². The first-order chi connectivity index (χ1) is 8.16. The highest BCUT2D eigenvalue weighted by Crippen LogP contribution is 2.16. The zero-order chi connectivity index (χ0) is 12.3. The molecule has 0 aliphatic carbocycles. The van der Waals surface area contributed by atoms with Crippen molar-refractivity contribution in [3.8, 4) is 0 Å². The van der Waals surface area contributed by atoms with Crippen LogP contribution < -0.4 is 5.32 Å². The van der Waals surface area contributed by atoms with Gasteiger partial charge in [0.1, 0.15) is 0 Å². The maximum absolute atomic E-state index is 11.8. The summed E-state index contributed by atoms with van der Waals surface area (Å²) in [5, 5.41) is 3.20. The van der Waals surface area contributed by atoms with Crippen LogP contribution in [0.3, 0.4) is 0 Å². The fourth-order valence-electron chi connectivity index (χ4n) is 1.40. The molecular weight excluding hydrogens is 256 g/mol. The molecule has 0 aliphatic heterocycles. The molecule has 2 aromatic heterocycles. The van der Waals surface area contributed by atoms with E-state index in [-0.39, 0.29) is 5.91 Å². The van der Waals surface area contributed by atoms with E-state index in [1.165, 1.54) is 11.1 Å². The van der Waals surface area contributed by atoms with E-state index >= 15 is 0 Å². The molecule has 1 N–H and O–H groups in total. The average Bonchev–Trinajstić information content (AvgIpc) is 2.73. The van der Waals surface area contributed by atoms with E-state index in [0.29, 0.717) is 17.1 Å². The molecule has 5 heteroatoms. The lowest BCUT2D eigenvalue weighted by atomic mass is 10.2. The summed E-state index contributed by atoms with van der Waals surface area (Å²) in [6.45, 7) is 2.56. The predicted octanol–water partition coefficient (Wildman–Crippen LogP) is 3.03. The number of nitrogens with one attached hydrogen (secondary N) is 1. The van der Waals surface area contributed by atoms with Crippen molar-refractivity contribution in [2.45, 2.75) is 13.5 Å². The fourth-order valence-corrected chi connectivity index (χ4v) is 2.44. The molecule has 88 valence electrons. The van der Waals surface area contributed by atoms with E-state index in [0.717, 1.165) is 4.88 Å². The summed E-state index contributed by atoms with van der Waals surface area (Å²) in [5.74, 6) is -0.177. The van der Waals surface area contributed by atoms with E-state index in [9.17, 15) is 4.79 Å². The number of aromatic nitrogens is 1. The second kappa shape index (κ2) is 5.29. The molecule has 0 atom stereocenters. The Hall–Kier alpha value is -1.39. The van der Waals surface area contributed by atoms with Crippen molar-refractivity contribution in [3.05, 3.63) is 50.9 Å². The molecule has 0 saturated heterocycles. The van der Waals surface area contributed by atoms with Gasteiger partial charge in [0.2, 0.25) is 0 Å². The molecule has 0 aliphatic rings. The minimum absolute atomic E-state index is 0.177. The number of amides is 1. The van der Waals surface area contributed by atoms with Crippen molar-refractivity contribution in [2.24, 2.45) is 0 Å². The van der Waals surface area contributed by atoms with Gasteiger partial charge in [0, 0.05) is 22.1 Å². The zero-order valence-corrected chi connectivity index (χ0v) is 10.8. The molecule has 3 nitrogen and oxygen atoms in total. The largest absolute Gasteiger partial charge is 0.347 e. The molecule has 1 amide bonds. The van der Waals surface area contributed by atoms with Crippen LogP contribution in [0, 0.1) is 6.92 Å². The monoisotopic (exact) mass is 266 g/mol. The summed E-state index contributed by atoms with van der Waals surface area (Å²) in [7, 11) is 0. The van der Waals surface area contributed by atoms with Crippen molar-refractivity contribution in [2.75, 3.05) is 0 Å². The Bertz CT molecular complexity index is 539. The van der Waals surface area contributed by atoms with Crippen molar-refractivity contribution < 1.29 is 4.79 Å². The topological polar surface area (TPSA) is 42.0 Å². The standard InChI is InChI=1S/C12H11ClN2OS/c1-8-2-3-9(17-8)6-15-12(16)10-4-5-14-7-11(10)13/h2-5,7H,6H2,1H3,(H,15,16). The lowest BCUT2D eigenvalue weighted by Gasteiger charge is -2.04. The second-order valence-electron chi connectivity index (χ2n) is 3.55. The summed E-state index contributed by atoms with van der Waals surface area (Å²) >= 11 is 7.55. The van der Waals surface area contributed by atoms with Gasteiger partial charge in [-0.25, -0.2) is 0 Å². The van der Waals surface area contributed by atoms with E-state index in [1.54, 1.807) is 23.6 Å². The molecule has 0 unspecified atom stereocenters. The Balaban J connectivity index is 2.01. The highest BCUT2D eigenvalue weighted by atomic mass is 35.5. The van der Waals surface area contributed by atoms with Crippen LogP contribution in [0.5, 0.6) is 0 Å². The first kappa shape index (κ1) is 12.1. The van der Waals surface area contributed by atoms with Gasteiger partial charge in [-0.15, -0.1) is 11.3 Å². The summed E-state index contributed by atoms with van der Waals surface area (Å²) in [6.07, 6.45) is 3.02. The lowest BCUT2D eigenvalue weighted by molar-refractivity contribution is 0.0951. The van der Waals surface area contributed by atoms with Gasteiger partial charge in [-0.3, -0.25) is 9.78 Å². The van der Waals surface area contributed by atoms with Crippen molar-refractivity contribution in [3.63, 3.8) is 0 Å². The number of thiophene rings is 1. The molecule has 0 fully saturated rings. The molecule has 0 bridgehead atoms. The van der Waals surface area contributed by atoms with Gasteiger partial charge in [0.15, 0.2) is 0 Å². The number of carbonyl (C=O) groups excluding carboxylic acids is 1. The quantitative estimate of drug-likeness (QED) is 0.928. The Morgan fingerprint density at radius 1 is 1.47 bits per heavy atom. The van der Waals surface area contributed by atoms with Crippen LogP contribution in [-0.4, -0.2) is 10.9 Å². The zero-order valence-electron chi connectivity index (χ0n) is 9.24. The normalized spacial score (nSPS) is 10.2. The predicted molar refractivity (Wildman–Crippen MR) is 69.5 cm³/mol. The maximum atomic E-state index is 11.8. The number of aryl methyl sites for hydroxylation is 1. The Morgan fingerprint density at radius 3 is 2.94 bits per heavy atom.